The number of nitrogens with zero attached hydrogens (tertiary/aromatic N) is 3. The van der Waals surface area contributed by atoms with Crippen LogP contribution < -0.4 is 11.1 Å². The van der Waals surface area contributed by atoms with Crippen LogP contribution in [-0.2, 0) is 16.1 Å². The molecular formula is C19H24ClN5O4. The zero-order valence-corrected chi connectivity index (χ0v) is 17.5. The van der Waals surface area contributed by atoms with Crippen molar-refractivity contribution >= 4 is 35.3 Å². The SMILES string of the molecule is CN(CC(=O)Nc1ncn(Cc2cccc(Cl)c2)c1C(N)=O)C(=O)OC(C)(C)C. The topological polar surface area (TPSA) is 120 Å². The molecule has 0 atom stereocenters. The minimum atomic E-state index is -0.750. The molecule has 10 heteroatoms. The van der Waals surface area contributed by atoms with Crippen molar-refractivity contribution in [2.24, 2.45) is 5.73 Å². The second-order valence-electron chi connectivity index (χ2n) is 7.45. The van der Waals surface area contributed by atoms with Gasteiger partial charge in [-0.05, 0) is 38.5 Å². The number of anilines is 1. The summed E-state index contributed by atoms with van der Waals surface area (Å²) in [4.78, 5) is 41.4. The molecule has 1 aromatic heterocycles. The van der Waals surface area contributed by atoms with Gasteiger partial charge in [-0.1, -0.05) is 23.7 Å². The van der Waals surface area contributed by atoms with Crippen molar-refractivity contribution in [1.29, 1.82) is 0 Å². The lowest BCUT2D eigenvalue weighted by molar-refractivity contribution is -0.117. The van der Waals surface area contributed by atoms with Crippen LogP contribution in [0.4, 0.5) is 10.6 Å². The predicted molar refractivity (Wildman–Crippen MR) is 109 cm³/mol. The highest BCUT2D eigenvalue weighted by molar-refractivity contribution is 6.30. The Morgan fingerprint density at radius 1 is 1.31 bits per heavy atom. The van der Waals surface area contributed by atoms with Crippen LogP contribution in [0, 0.1) is 0 Å². The molecule has 29 heavy (non-hydrogen) atoms. The van der Waals surface area contributed by atoms with Gasteiger partial charge in [0.2, 0.25) is 5.91 Å². The molecule has 3 amide bonds. The number of hydrogen-bond donors (Lipinski definition) is 2. The second-order valence-corrected chi connectivity index (χ2v) is 7.88. The Morgan fingerprint density at radius 2 is 2.00 bits per heavy atom. The van der Waals surface area contributed by atoms with E-state index in [1.54, 1.807) is 39.0 Å². The first-order valence-electron chi connectivity index (χ1n) is 8.79. The van der Waals surface area contributed by atoms with Gasteiger partial charge < -0.3 is 25.3 Å². The van der Waals surface area contributed by atoms with Crippen molar-refractivity contribution in [2.75, 3.05) is 18.9 Å². The molecule has 0 aliphatic carbocycles. The molecule has 0 unspecified atom stereocenters. The molecule has 3 N–H and O–H groups in total. The third-order valence-electron chi connectivity index (χ3n) is 3.66. The van der Waals surface area contributed by atoms with Crippen molar-refractivity contribution in [3.05, 3.63) is 46.9 Å². The highest BCUT2D eigenvalue weighted by atomic mass is 35.5. The summed E-state index contributed by atoms with van der Waals surface area (Å²) in [5, 5.41) is 3.07. The van der Waals surface area contributed by atoms with Crippen LogP contribution in [0.5, 0.6) is 0 Å². The van der Waals surface area contributed by atoms with Crippen molar-refractivity contribution in [3.63, 3.8) is 0 Å². The zero-order valence-electron chi connectivity index (χ0n) is 16.7. The highest BCUT2D eigenvalue weighted by Gasteiger charge is 2.23. The van der Waals surface area contributed by atoms with Crippen LogP contribution in [0.15, 0.2) is 30.6 Å². The van der Waals surface area contributed by atoms with Gasteiger partial charge in [0, 0.05) is 18.6 Å². The molecule has 156 valence electrons. The van der Waals surface area contributed by atoms with Gasteiger partial charge in [0.15, 0.2) is 11.5 Å². The molecule has 0 radical (unpaired) electrons. The number of likely N-dealkylation sites (N-methyl/N-ethyl adjacent to an activating group) is 1. The van der Waals surface area contributed by atoms with E-state index in [0.717, 1.165) is 10.5 Å². The van der Waals surface area contributed by atoms with Gasteiger partial charge in [-0.25, -0.2) is 9.78 Å². The molecule has 2 aromatic rings. The first-order chi connectivity index (χ1) is 13.5. The first-order valence-corrected chi connectivity index (χ1v) is 9.17. The van der Waals surface area contributed by atoms with Gasteiger partial charge in [-0.15, -0.1) is 0 Å². The van der Waals surface area contributed by atoms with E-state index in [0.29, 0.717) is 11.6 Å². The summed E-state index contributed by atoms with van der Waals surface area (Å²) in [7, 11) is 1.43. The van der Waals surface area contributed by atoms with Gasteiger partial charge in [0.05, 0.1) is 6.33 Å². The van der Waals surface area contributed by atoms with Crippen molar-refractivity contribution in [3.8, 4) is 0 Å². The lowest BCUT2D eigenvalue weighted by atomic mass is 10.2. The minimum absolute atomic E-state index is 0.0158. The standard InChI is InChI=1S/C19H24ClN5O4/c1-19(2,3)29-18(28)24(4)10-14(26)23-17-15(16(21)27)25(11-22-17)9-12-6-5-7-13(20)8-12/h5-8,11H,9-10H2,1-4H3,(H2,21,27)(H,23,26). The third-order valence-corrected chi connectivity index (χ3v) is 3.89. The van der Waals surface area contributed by atoms with Gasteiger partial charge in [-0.3, -0.25) is 9.59 Å². The van der Waals surface area contributed by atoms with E-state index in [-0.39, 0.29) is 18.1 Å². The van der Waals surface area contributed by atoms with Crippen molar-refractivity contribution in [2.45, 2.75) is 32.9 Å². The van der Waals surface area contributed by atoms with Gasteiger partial charge in [0.1, 0.15) is 12.1 Å². The number of halogens is 1. The molecule has 0 aliphatic rings. The summed E-state index contributed by atoms with van der Waals surface area (Å²) in [6.07, 6.45) is 0.753. The van der Waals surface area contributed by atoms with Gasteiger partial charge >= 0.3 is 6.09 Å². The summed E-state index contributed by atoms with van der Waals surface area (Å²) in [5.41, 5.74) is 5.67. The normalized spacial score (nSPS) is 11.1. The maximum Gasteiger partial charge on any atom is 0.410 e. The number of primary amides is 1. The average Bonchev–Trinajstić information content (AvgIpc) is 2.95. The Kier molecular flexibility index (Phi) is 6.86. The molecule has 0 fully saturated rings. The molecule has 1 heterocycles. The van der Waals surface area contributed by atoms with Gasteiger partial charge in [-0.2, -0.15) is 0 Å². The molecular weight excluding hydrogens is 398 g/mol. The molecule has 2 rings (SSSR count). The fraction of sp³-hybridized carbons (Fsp3) is 0.368. The van der Waals surface area contributed by atoms with E-state index in [4.69, 9.17) is 22.1 Å². The first kappa shape index (κ1) is 22.2. The largest absolute Gasteiger partial charge is 0.444 e. The quantitative estimate of drug-likeness (QED) is 0.742. The van der Waals surface area contributed by atoms with Crippen LogP contribution in [-0.4, -0.2) is 51.6 Å². The minimum Gasteiger partial charge on any atom is -0.444 e. The average molecular weight is 422 g/mol. The summed E-state index contributed by atoms with van der Waals surface area (Å²) in [6.45, 7) is 5.19. The molecule has 0 bridgehead atoms. The Hall–Kier alpha value is -3.07. The summed E-state index contributed by atoms with van der Waals surface area (Å²) in [6, 6.07) is 7.11. The van der Waals surface area contributed by atoms with E-state index in [9.17, 15) is 14.4 Å². The number of ether oxygens (including phenoxy) is 1. The Bertz CT molecular complexity index is 920. The van der Waals surface area contributed by atoms with Crippen LogP contribution in [0.3, 0.4) is 0 Å². The summed E-state index contributed by atoms with van der Waals surface area (Å²) < 4.78 is 6.71. The number of benzene rings is 1. The summed E-state index contributed by atoms with van der Waals surface area (Å²) >= 11 is 5.99. The number of nitrogens with one attached hydrogen (secondary N) is 1. The molecule has 0 saturated carbocycles. The van der Waals surface area contributed by atoms with E-state index < -0.39 is 23.5 Å². The van der Waals surface area contributed by atoms with Crippen LogP contribution in [0.25, 0.3) is 0 Å². The number of nitrogens with two attached hydrogens (primary N) is 1. The molecule has 0 spiro atoms. The number of carbonyl (C=O) groups is 3. The number of aromatic nitrogens is 2. The molecule has 0 saturated heterocycles. The number of amides is 3. The number of hydrogen-bond acceptors (Lipinski definition) is 5. The predicted octanol–water partition coefficient (Wildman–Crippen LogP) is 2.49. The van der Waals surface area contributed by atoms with E-state index in [1.165, 1.54) is 17.9 Å². The fourth-order valence-corrected chi connectivity index (χ4v) is 2.69. The molecule has 1 aromatic carbocycles. The maximum atomic E-state index is 12.3. The fourth-order valence-electron chi connectivity index (χ4n) is 2.48. The number of imidazole rings is 1. The van der Waals surface area contributed by atoms with Crippen molar-refractivity contribution in [1.82, 2.24) is 14.5 Å². The highest BCUT2D eigenvalue weighted by Crippen LogP contribution is 2.17. The zero-order chi connectivity index (χ0) is 21.8. The summed E-state index contributed by atoms with van der Waals surface area (Å²) in [5.74, 6) is -1.28. The van der Waals surface area contributed by atoms with Gasteiger partial charge in [0.25, 0.3) is 5.91 Å². The van der Waals surface area contributed by atoms with E-state index in [2.05, 4.69) is 10.3 Å². The maximum absolute atomic E-state index is 12.3. The smallest absolute Gasteiger partial charge is 0.410 e. The van der Waals surface area contributed by atoms with Crippen molar-refractivity contribution < 1.29 is 19.1 Å². The number of carbonyl (C=O) groups excluding carboxylic acids is 3. The number of rotatable bonds is 6. The second kappa shape index (κ2) is 8.95. The van der Waals surface area contributed by atoms with E-state index >= 15 is 0 Å². The monoisotopic (exact) mass is 421 g/mol. The van der Waals surface area contributed by atoms with E-state index in [1.807, 2.05) is 6.07 Å². The Morgan fingerprint density at radius 3 is 2.59 bits per heavy atom. The lowest BCUT2D eigenvalue weighted by Gasteiger charge is -2.24. The third kappa shape index (κ3) is 6.49. The van der Waals surface area contributed by atoms with Crippen LogP contribution >= 0.6 is 11.6 Å². The Labute approximate surface area is 173 Å². The van der Waals surface area contributed by atoms with Crippen LogP contribution in [0.1, 0.15) is 36.8 Å². The Balaban J connectivity index is 2.10. The van der Waals surface area contributed by atoms with Crippen LogP contribution in [0.2, 0.25) is 5.02 Å². The molecule has 9 nitrogen and oxygen atoms in total. The molecule has 0 aliphatic heterocycles. The lowest BCUT2D eigenvalue weighted by Crippen LogP contribution is -2.39.